The van der Waals surface area contributed by atoms with Crippen LogP contribution in [0.4, 0.5) is 11.6 Å². The van der Waals surface area contributed by atoms with Crippen molar-refractivity contribution in [1.29, 1.82) is 0 Å². The molecule has 1 saturated heterocycles. The van der Waals surface area contributed by atoms with E-state index in [0.717, 1.165) is 73.7 Å². The molecular weight excluding hydrogens is 364 g/mol. The van der Waals surface area contributed by atoms with Gasteiger partial charge in [-0.3, -0.25) is 0 Å². The fourth-order valence-electron chi connectivity index (χ4n) is 4.40. The highest BCUT2D eigenvalue weighted by Gasteiger charge is 2.25. The summed E-state index contributed by atoms with van der Waals surface area (Å²) in [6, 6.07) is 6.08. The molecule has 3 aromatic rings. The van der Waals surface area contributed by atoms with E-state index in [9.17, 15) is 0 Å². The van der Waals surface area contributed by atoms with Gasteiger partial charge < -0.3 is 9.80 Å². The number of aromatic nitrogens is 6. The first-order valence-corrected chi connectivity index (χ1v) is 10.3. The zero-order valence-electron chi connectivity index (χ0n) is 17.3. The summed E-state index contributed by atoms with van der Waals surface area (Å²) in [6.07, 6.45) is 3.38. The Hall–Kier alpha value is -3.03. The average molecular weight is 390 g/mol. The molecule has 4 heterocycles. The van der Waals surface area contributed by atoms with E-state index in [4.69, 9.17) is 4.98 Å². The lowest BCUT2D eigenvalue weighted by molar-refractivity contribution is 0.632. The normalized spacial score (nSPS) is 16.4. The predicted molar refractivity (Wildman–Crippen MR) is 112 cm³/mol. The fourth-order valence-corrected chi connectivity index (χ4v) is 4.40. The number of anilines is 2. The second kappa shape index (κ2) is 7.09. The molecule has 29 heavy (non-hydrogen) atoms. The van der Waals surface area contributed by atoms with Gasteiger partial charge in [0.25, 0.3) is 0 Å². The number of hydrogen-bond donors (Lipinski definition) is 0. The Labute approximate surface area is 170 Å². The van der Waals surface area contributed by atoms with Crippen LogP contribution < -0.4 is 9.80 Å². The molecule has 1 fully saturated rings. The molecule has 0 unspecified atom stereocenters. The Bertz CT molecular complexity index is 1030. The lowest BCUT2D eigenvalue weighted by atomic mass is 10.2. The number of piperazine rings is 1. The second-order valence-electron chi connectivity index (χ2n) is 7.94. The summed E-state index contributed by atoms with van der Waals surface area (Å²) in [5.74, 6) is 3.70. The molecule has 3 aromatic heterocycles. The summed E-state index contributed by atoms with van der Waals surface area (Å²) in [6.45, 7) is 9.70. The molecular formula is C21H26N8. The highest BCUT2D eigenvalue weighted by atomic mass is 15.4. The van der Waals surface area contributed by atoms with Gasteiger partial charge in [0.2, 0.25) is 0 Å². The van der Waals surface area contributed by atoms with Crippen LogP contribution in [-0.2, 0) is 12.8 Å². The van der Waals surface area contributed by atoms with Crippen LogP contribution >= 0.6 is 0 Å². The van der Waals surface area contributed by atoms with E-state index < -0.39 is 0 Å². The Morgan fingerprint density at radius 3 is 2.24 bits per heavy atom. The minimum absolute atomic E-state index is 0.755. The molecule has 5 rings (SSSR count). The SMILES string of the molecule is Cc1cc(C)n(-c2ccc(N3CCN(c4nc(C)nc5c4CCC5)CC3)nn2)n1. The van der Waals surface area contributed by atoms with Crippen molar-refractivity contribution in [2.75, 3.05) is 36.0 Å². The summed E-state index contributed by atoms with van der Waals surface area (Å²) in [5.41, 5.74) is 4.65. The van der Waals surface area contributed by atoms with Gasteiger partial charge >= 0.3 is 0 Å². The first-order valence-electron chi connectivity index (χ1n) is 10.3. The maximum atomic E-state index is 4.78. The third kappa shape index (κ3) is 3.32. The number of rotatable bonds is 3. The Kier molecular flexibility index (Phi) is 4.41. The van der Waals surface area contributed by atoms with Gasteiger partial charge in [0.1, 0.15) is 11.6 Å². The van der Waals surface area contributed by atoms with Crippen LogP contribution in [0.1, 0.15) is 34.9 Å². The first-order chi connectivity index (χ1) is 14.1. The zero-order valence-corrected chi connectivity index (χ0v) is 17.3. The van der Waals surface area contributed by atoms with Crippen LogP contribution in [0.5, 0.6) is 0 Å². The minimum Gasteiger partial charge on any atom is -0.353 e. The Balaban J connectivity index is 1.30. The lowest BCUT2D eigenvalue weighted by Gasteiger charge is -2.36. The Morgan fingerprint density at radius 1 is 0.828 bits per heavy atom. The van der Waals surface area contributed by atoms with Crippen LogP contribution in [0.2, 0.25) is 0 Å². The van der Waals surface area contributed by atoms with Crippen LogP contribution in [0.25, 0.3) is 5.82 Å². The van der Waals surface area contributed by atoms with Crippen molar-refractivity contribution >= 4 is 11.6 Å². The number of aryl methyl sites for hydroxylation is 4. The highest BCUT2D eigenvalue weighted by Crippen LogP contribution is 2.29. The average Bonchev–Trinajstić information content (AvgIpc) is 3.33. The van der Waals surface area contributed by atoms with Gasteiger partial charge in [-0.1, -0.05) is 0 Å². The molecule has 0 amide bonds. The number of nitrogens with zero attached hydrogens (tertiary/aromatic N) is 8. The molecule has 2 aliphatic rings. The van der Waals surface area contributed by atoms with Crippen molar-refractivity contribution in [3.8, 4) is 5.82 Å². The molecule has 1 aliphatic heterocycles. The van der Waals surface area contributed by atoms with Crippen molar-refractivity contribution in [1.82, 2.24) is 29.9 Å². The van der Waals surface area contributed by atoms with Gasteiger partial charge in [-0.25, -0.2) is 14.6 Å². The third-order valence-electron chi connectivity index (χ3n) is 5.79. The number of fused-ring (bicyclic) bond motifs is 1. The van der Waals surface area contributed by atoms with Gasteiger partial charge in [-0.15, -0.1) is 10.2 Å². The molecule has 150 valence electrons. The second-order valence-corrected chi connectivity index (χ2v) is 7.94. The smallest absolute Gasteiger partial charge is 0.176 e. The molecule has 0 bridgehead atoms. The van der Waals surface area contributed by atoms with Gasteiger partial charge in [-0.05, 0) is 58.2 Å². The molecule has 0 N–H and O–H groups in total. The standard InChI is InChI=1S/C21H26N8/c1-14-13-15(2)29(26-14)20-8-7-19(24-25-20)27-9-11-28(12-10-27)21-17-5-4-6-18(17)22-16(3)23-21/h7-8,13H,4-6,9-12H2,1-3H3. The largest absolute Gasteiger partial charge is 0.353 e. The molecule has 8 heteroatoms. The molecule has 0 aromatic carbocycles. The van der Waals surface area contributed by atoms with Gasteiger partial charge in [0, 0.05) is 43.1 Å². The fraction of sp³-hybridized carbons (Fsp3) is 0.476. The quantitative estimate of drug-likeness (QED) is 0.678. The summed E-state index contributed by atoms with van der Waals surface area (Å²) >= 11 is 0. The topological polar surface area (TPSA) is 75.9 Å². The van der Waals surface area contributed by atoms with Crippen LogP contribution in [0, 0.1) is 20.8 Å². The van der Waals surface area contributed by atoms with E-state index in [0.29, 0.717) is 0 Å². The van der Waals surface area contributed by atoms with Crippen LogP contribution in [-0.4, -0.2) is 56.1 Å². The van der Waals surface area contributed by atoms with Crippen molar-refractivity contribution in [2.45, 2.75) is 40.0 Å². The third-order valence-corrected chi connectivity index (χ3v) is 5.79. The molecule has 0 atom stereocenters. The zero-order chi connectivity index (χ0) is 20.0. The maximum absolute atomic E-state index is 4.78. The van der Waals surface area contributed by atoms with Crippen LogP contribution in [0.3, 0.4) is 0 Å². The molecule has 0 saturated carbocycles. The van der Waals surface area contributed by atoms with E-state index >= 15 is 0 Å². The van der Waals surface area contributed by atoms with Crippen molar-refractivity contribution < 1.29 is 0 Å². The summed E-state index contributed by atoms with van der Waals surface area (Å²) in [4.78, 5) is 14.1. The Morgan fingerprint density at radius 2 is 1.55 bits per heavy atom. The van der Waals surface area contributed by atoms with Gasteiger partial charge in [0.15, 0.2) is 11.6 Å². The van der Waals surface area contributed by atoms with E-state index in [1.165, 1.54) is 17.7 Å². The maximum Gasteiger partial charge on any atom is 0.176 e. The van der Waals surface area contributed by atoms with Gasteiger partial charge in [-0.2, -0.15) is 5.10 Å². The van der Waals surface area contributed by atoms with Crippen LogP contribution in [0.15, 0.2) is 18.2 Å². The van der Waals surface area contributed by atoms with Gasteiger partial charge in [0.05, 0.1) is 5.69 Å². The minimum atomic E-state index is 0.755. The van der Waals surface area contributed by atoms with Crippen molar-refractivity contribution in [3.05, 3.63) is 46.7 Å². The van der Waals surface area contributed by atoms with E-state index in [-0.39, 0.29) is 0 Å². The monoisotopic (exact) mass is 390 g/mol. The number of hydrogen-bond acceptors (Lipinski definition) is 7. The highest BCUT2D eigenvalue weighted by molar-refractivity contribution is 5.53. The molecule has 0 spiro atoms. The lowest BCUT2D eigenvalue weighted by Crippen LogP contribution is -2.47. The molecule has 1 aliphatic carbocycles. The van der Waals surface area contributed by atoms with Crippen molar-refractivity contribution in [3.63, 3.8) is 0 Å². The predicted octanol–water partition coefficient (Wildman–Crippen LogP) is 2.19. The summed E-state index contributed by atoms with van der Waals surface area (Å²) < 4.78 is 1.84. The van der Waals surface area contributed by atoms with E-state index in [1.807, 2.05) is 43.7 Å². The van der Waals surface area contributed by atoms with Crippen molar-refractivity contribution in [2.24, 2.45) is 0 Å². The summed E-state index contributed by atoms with van der Waals surface area (Å²) in [5, 5.41) is 13.4. The van der Waals surface area contributed by atoms with E-state index in [2.05, 4.69) is 30.1 Å². The molecule has 0 radical (unpaired) electrons. The summed E-state index contributed by atoms with van der Waals surface area (Å²) in [7, 11) is 0. The molecule has 8 nitrogen and oxygen atoms in total. The first kappa shape index (κ1) is 18.0. The van der Waals surface area contributed by atoms with E-state index in [1.54, 1.807) is 0 Å².